The summed E-state index contributed by atoms with van der Waals surface area (Å²) in [5, 5.41) is 0. The van der Waals surface area contributed by atoms with Crippen molar-refractivity contribution in [1.82, 2.24) is 0 Å². The van der Waals surface area contributed by atoms with E-state index >= 15 is 0 Å². The lowest BCUT2D eigenvalue weighted by atomic mass is 9.88. The van der Waals surface area contributed by atoms with Gasteiger partial charge < -0.3 is 23.7 Å². The summed E-state index contributed by atoms with van der Waals surface area (Å²) in [4.78, 5) is 13.5. The predicted octanol–water partition coefficient (Wildman–Crippen LogP) is 6.20. The van der Waals surface area contributed by atoms with Gasteiger partial charge in [-0.25, -0.2) is 0 Å². The Labute approximate surface area is 225 Å². The van der Waals surface area contributed by atoms with Crippen LogP contribution < -0.4 is 4.74 Å². The number of hydrogen-bond acceptors (Lipinski definition) is 6. The third kappa shape index (κ3) is 9.37. The van der Waals surface area contributed by atoms with Gasteiger partial charge in [-0.15, -0.1) is 0 Å². The van der Waals surface area contributed by atoms with E-state index in [1.54, 1.807) is 0 Å². The fourth-order valence-electron chi connectivity index (χ4n) is 4.41. The first-order valence-electron chi connectivity index (χ1n) is 13.5. The highest BCUT2D eigenvalue weighted by molar-refractivity contribution is 6.01. The van der Waals surface area contributed by atoms with E-state index in [2.05, 4.69) is 0 Å². The molecule has 1 aliphatic heterocycles. The van der Waals surface area contributed by atoms with Crippen molar-refractivity contribution in [2.75, 3.05) is 39.6 Å². The minimum atomic E-state index is -0.274. The Morgan fingerprint density at radius 3 is 2.24 bits per heavy atom. The fourth-order valence-corrected chi connectivity index (χ4v) is 4.41. The Bertz CT molecular complexity index is 1050. The molecule has 0 N–H and O–H groups in total. The van der Waals surface area contributed by atoms with Crippen molar-refractivity contribution in [1.29, 1.82) is 0 Å². The SMILES string of the molecule is O=C(c1ccc(OCCOCCOCc2ccccc2)cc1)C(CCOC1CCCCO1)c1ccccc1. The smallest absolute Gasteiger partial charge is 0.170 e. The van der Waals surface area contributed by atoms with E-state index in [1.165, 1.54) is 0 Å². The molecule has 6 heteroatoms. The van der Waals surface area contributed by atoms with Gasteiger partial charge in [0.25, 0.3) is 0 Å². The summed E-state index contributed by atoms with van der Waals surface area (Å²) in [6.07, 6.45) is 3.57. The number of Topliss-reactive ketones (excluding diaryl/α,β-unsaturated/α-hetero) is 1. The molecule has 0 saturated carbocycles. The highest BCUT2D eigenvalue weighted by Gasteiger charge is 2.23. The molecular weight excluding hydrogens is 480 g/mol. The van der Waals surface area contributed by atoms with Gasteiger partial charge in [0.2, 0.25) is 0 Å². The standard InChI is InChI=1S/C32H38O6/c33-32(30(27-11-5-2-6-12-27)18-20-38-31-13-7-8-19-37-31)28-14-16-29(17-15-28)36-24-23-34-21-22-35-25-26-9-3-1-4-10-26/h1-6,9-12,14-17,30-31H,7-8,13,18-25H2. The van der Waals surface area contributed by atoms with Crippen LogP contribution in [-0.4, -0.2) is 51.7 Å². The Morgan fingerprint density at radius 2 is 1.50 bits per heavy atom. The number of ketones is 1. The van der Waals surface area contributed by atoms with Crippen LogP contribution in [0.5, 0.6) is 5.75 Å². The molecule has 6 nitrogen and oxygen atoms in total. The number of rotatable bonds is 16. The summed E-state index contributed by atoms with van der Waals surface area (Å²) in [5.74, 6) is 0.512. The molecule has 38 heavy (non-hydrogen) atoms. The summed E-state index contributed by atoms with van der Waals surface area (Å²) < 4.78 is 28.6. The van der Waals surface area contributed by atoms with Crippen molar-refractivity contribution in [3.8, 4) is 5.75 Å². The number of carbonyl (C=O) groups is 1. The summed E-state index contributed by atoms with van der Waals surface area (Å²) in [6.45, 7) is 3.76. The van der Waals surface area contributed by atoms with Crippen LogP contribution in [0.25, 0.3) is 0 Å². The third-order valence-corrected chi connectivity index (χ3v) is 6.49. The van der Waals surface area contributed by atoms with Crippen molar-refractivity contribution in [2.45, 2.75) is 44.5 Å². The van der Waals surface area contributed by atoms with Gasteiger partial charge in [-0.1, -0.05) is 60.7 Å². The van der Waals surface area contributed by atoms with Crippen molar-refractivity contribution < 1.29 is 28.5 Å². The second-order valence-corrected chi connectivity index (χ2v) is 9.31. The van der Waals surface area contributed by atoms with E-state index in [-0.39, 0.29) is 18.0 Å². The zero-order valence-corrected chi connectivity index (χ0v) is 22.0. The molecule has 0 radical (unpaired) electrons. The van der Waals surface area contributed by atoms with Crippen LogP contribution in [0.15, 0.2) is 84.9 Å². The largest absolute Gasteiger partial charge is 0.491 e. The summed E-state index contributed by atoms with van der Waals surface area (Å²) >= 11 is 0. The molecule has 1 saturated heterocycles. The molecule has 1 aliphatic rings. The maximum atomic E-state index is 13.5. The van der Waals surface area contributed by atoms with Crippen molar-refractivity contribution in [3.05, 3.63) is 102 Å². The fraction of sp³-hybridized carbons (Fsp3) is 0.406. The Morgan fingerprint density at radius 1 is 0.789 bits per heavy atom. The predicted molar refractivity (Wildman–Crippen MR) is 147 cm³/mol. The van der Waals surface area contributed by atoms with Gasteiger partial charge in [-0.05, 0) is 61.1 Å². The molecule has 1 fully saturated rings. The monoisotopic (exact) mass is 518 g/mol. The van der Waals surface area contributed by atoms with Crippen LogP contribution >= 0.6 is 0 Å². The van der Waals surface area contributed by atoms with E-state index in [9.17, 15) is 4.79 Å². The summed E-state index contributed by atoms with van der Waals surface area (Å²) in [7, 11) is 0. The molecule has 4 rings (SSSR count). The third-order valence-electron chi connectivity index (χ3n) is 6.49. The lowest BCUT2D eigenvalue weighted by molar-refractivity contribution is -0.162. The van der Waals surface area contributed by atoms with Crippen LogP contribution in [0.3, 0.4) is 0 Å². The second-order valence-electron chi connectivity index (χ2n) is 9.31. The summed E-state index contributed by atoms with van der Waals surface area (Å²) in [5.41, 5.74) is 2.80. The topological polar surface area (TPSA) is 63.2 Å². The average Bonchev–Trinajstić information content (AvgIpc) is 2.98. The molecule has 0 bridgehead atoms. The van der Waals surface area contributed by atoms with Crippen LogP contribution in [0.2, 0.25) is 0 Å². The number of carbonyl (C=O) groups excluding carboxylic acids is 1. The molecule has 2 unspecified atom stereocenters. The molecule has 2 atom stereocenters. The van der Waals surface area contributed by atoms with E-state index in [1.807, 2.05) is 84.9 Å². The highest BCUT2D eigenvalue weighted by atomic mass is 16.7. The number of hydrogen-bond donors (Lipinski definition) is 0. The van der Waals surface area contributed by atoms with Gasteiger partial charge in [0, 0.05) is 18.1 Å². The molecular formula is C32H38O6. The van der Waals surface area contributed by atoms with Gasteiger partial charge in [0.15, 0.2) is 12.1 Å². The van der Waals surface area contributed by atoms with Gasteiger partial charge in [0.1, 0.15) is 12.4 Å². The lowest BCUT2D eigenvalue weighted by Gasteiger charge is -2.24. The summed E-state index contributed by atoms with van der Waals surface area (Å²) in [6, 6.07) is 27.3. The van der Waals surface area contributed by atoms with Crippen LogP contribution in [0.4, 0.5) is 0 Å². The normalized spacial score (nSPS) is 16.2. The minimum Gasteiger partial charge on any atom is -0.491 e. The van der Waals surface area contributed by atoms with Gasteiger partial charge in [0.05, 0.1) is 33.0 Å². The maximum absolute atomic E-state index is 13.5. The molecule has 1 heterocycles. The molecule has 202 valence electrons. The average molecular weight is 519 g/mol. The van der Waals surface area contributed by atoms with E-state index in [0.717, 1.165) is 37.0 Å². The van der Waals surface area contributed by atoms with Gasteiger partial charge in [-0.2, -0.15) is 0 Å². The van der Waals surface area contributed by atoms with Gasteiger partial charge >= 0.3 is 0 Å². The van der Waals surface area contributed by atoms with Crippen LogP contribution in [-0.2, 0) is 25.6 Å². The molecule has 3 aromatic carbocycles. The molecule has 0 spiro atoms. The Hall–Kier alpha value is -3.03. The van der Waals surface area contributed by atoms with E-state index < -0.39 is 0 Å². The Kier molecular flexibility index (Phi) is 11.8. The quantitative estimate of drug-likeness (QED) is 0.166. The number of ether oxygens (including phenoxy) is 5. The first kappa shape index (κ1) is 28.0. The zero-order valence-electron chi connectivity index (χ0n) is 22.0. The molecule has 0 aromatic heterocycles. The van der Waals surface area contributed by atoms with Crippen molar-refractivity contribution >= 4 is 5.78 Å². The first-order valence-corrected chi connectivity index (χ1v) is 13.5. The van der Waals surface area contributed by atoms with Crippen molar-refractivity contribution in [2.24, 2.45) is 0 Å². The Balaban J connectivity index is 1.18. The molecule has 3 aromatic rings. The molecule has 0 amide bonds. The molecule has 0 aliphatic carbocycles. The highest BCUT2D eigenvalue weighted by Crippen LogP contribution is 2.26. The second kappa shape index (κ2) is 16.0. The van der Waals surface area contributed by atoms with Crippen LogP contribution in [0.1, 0.15) is 53.1 Å². The van der Waals surface area contributed by atoms with Crippen LogP contribution in [0, 0.1) is 0 Å². The first-order chi connectivity index (χ1) is 18.8. The van der Waals surface area contributed by atoms with Crippen molar-refractivity contribution in [3.63, 3.8) is 0 Å². The van der Waals surface area contributed by atoms with Gasteiger partial charge in [-0.3, -0.25) is 4.79 Å². The minimum absolute atomic E-state index is 0.0785. The van der Waals surface area contributed by atoms with E-state index in [0.29, 0.717) is 57.4 Å². The zero-order chi connectivity index (χ0) is 26.3. The maximum Gasteiger partial charge on any atom is 0.170 e. The lowest BCUT2D eigenvalue weighted by Crippen LogP contribution is -2.24. The van der Waals surface area contributed by atoms with E-state index in [4.69, 9.17) is 23.7 Å². The number of benzene rings is 3.